The van der Waals surface area contributed by atoms with Crippen molar-refractivity contribution in [3.05, 3.63) is 70.5 Å². The Morgan fingerprint density at radius 3 is 2.52 bits per heavy atom. The molecule has 282 valence electrons. The summed E-state index contributed by atoms with van der Waals surface area (Å²) in [4.78, 5) is 27.5. The van der Waals surface area contributed by atoms with Crippen LogP contribution in [-0.4, -0.2) is 87.9 Å². The molecule has 0 aliphatic carbocycles. The summed E-state index contributed by atoms with van der Waals surface area (Å²) in [5, 5.41) is 26.1. The summed E-state index contributed by atoms with van der Waals surface area (Å²) < 4.78 is 90.1. The van der Waals surface area contributed by atoms with E-state index in [2.05, 4.69) is 40.8 Å². The molecule has 3 heterocycles. The topological polar surface area (TPSA) is 243 Å². The third-order valence-electron chi connectivity index (χ3n) is 7.62. The van der Waals surface area contributed by atoms with Crippen LogP contribution >= 0.6 is 23.7 Å². The number of aromatic nitrogens is 4. The Morgan fingerprint density at radius 2 is 1.88 bits per heavy atom. The number of benzene rings is 2. The van der Waals surface area contributed by atoms with Gasteiger partial charge < -0.3 is 29.9 Å². The van der Waals surface area contributed by atoms with Gasteiger partial charge in [0.05, 0.1) is 24.8 Å². The highest BCUT2D eigenvalue weighted by atomic mass is 79.9. The van der Waals surface area contributed by atoms with Gasteiger partial charge in [-0.2, -0.15) is 15.1 Å². The Balaban J connectivity index is 1.36. The van der Waals surface area contributed by atoms with Crippen molar-refractivity contribution in [2.45, 2.75) is 50.5 Å². The Morgan fingerprint density at radius 1 is 1.23 bits per heavy atom. The molecule has 1 fully saturated rings. The molecule has 6 N–H and O–H groups in total. The Kier molecular flexibility index (Phi) is 11.5. The molecule has 18 nitrogen and oxygen atoms in total. The first-order valence-electron chi connectivity index (χ1n) is 15.1. The number of carbonyl (C=O) groups excluding carboxylic acids is 1. The van der Waals surface area contributed by atoms with Crippen LogP contribution in [0.5, 0.6) is 5.75 Å². The predicted molar refractivity (Wildman–Crippen MR) is 184 cm³/mol. The SMILES string of the molecule is CC(NP(=O)(OCC1OC(n2cnc3c(N(C)NS(C)(=O)=O)nc(N)nc32)[C@](C)(O)[C@@H]1O)Oc1ccc(Br)cc1)C(=O)OCc1c(F)cccc1F. The molecular weight excluding hydrogens is 801 g/mol. The standard InChI is InChI=1S/C29H34BrF2N8O10PS/c1-15(26(42)47-12-18-19(31)6-5-7-20(18)32)37-51(44,50-17-10-8-16(30)9-11-17)48-13-21-23(41)29(2,43)27(49-21)40-14-34-22-24(35-28(33)36-25(22)40)39(3)38-52(4,45)46/h5-11,14-15,21,23,27,38,41,43H,12-13H2,1-4H3,(H,37,44)(H2,33,35,36)/t15?,21?,23-,27?,29-,51?/m1/s1. The zero-order chi connectivity index (χ0) is 38.2. The quantitative estimate of drug-likeness (QED) is 0.0695. The van der Waals surface area contributed by atoms with Gasteiger partial charge in [0, 0.05) is 11.5 Å². The molecule has 2 aromatic carbocycles. The third kappa shape index (κ3) is 8.84. The number of imidazole rings is 1. The van der Waals surface area contributed by atoms with E-state index in [0.29, 0.717) is 4.47 Å². The third-order valence-corrected chi connectivity index (χ3v) is 10.4. The predicted octanol–water partition coefficient (Wildman–Crippen LogP) is 2.28. The number of nitrogen functional groups attached to an aromatic ring is 1. The van der Waals surface area contributed by atoms with E-state index in [9.17, 15) is 36.8 Å². The summed E-state index contributed by atoms with van der Waals surface area (Å²) in [6.45, 7) is 1.06. The number of nitrogens with two attached hydrogens (primary N) is 1. The molecule has 4 aromatic rings. The maximum absolute atomic E-state index is 14.1. The fourth-order valence-electron chi connectivity index (χ4n) is 5.12. The molecule has 4 unspecified atom stereocenters. The molecule has 5 rings (SSSR count). The average Bonchev–Trinajstić information content (AvgIpc) is 3.56. The van der Waals surface area contributed by atoms with E-state index >= 15 is 0 Å². The summed E-state index contributed by atoms with van der Waals surface area (Å²) in [5.41, 5.74) is 3.40. The first kappa shape index (κ1) is 39.3. The number of hydrogen-bond acceptors (Lipinski definition) is 15. The Bertz CT molecular complexity index is 2090. The lowest BCUT2D eigenvalue weighted by molar-refractivity contribution is -0.146. The van der Waals surface area contributed by atoms with Gasteiger partial charge in [-0.1, -0.05) is 22.0 Å². The normalized spacial score (nSPS) is 22.2. The van der Waals surface area contributed by atoms with Crippen LogP contribution in [0.3, 0.4) is 0 Å². The zero-order valence-corrected chi connectivity index (χ0v) is 31.1. The van der Waals surface area contributed by atoms with Crippen LogP contribution in [0.1, 0.15) is 25.6 Å². The monoisotopic (exact) mass is 834 g/mol. The van der Waals surface area contributed by atoms with Gasteiger partial charge in [-0.15, -0.1) is 4.83 Å². The molecule has 0 bridgehead atoms. The number of anilines is 2. The van der Waals surface area contributed by atoms with Crippen LogP contribution in [-0.2, 0) is 40.0 Å². The fourth-order valence-corrected chi connectivity index (χ4v) is 7.47. The van der Waals surface area contributed by atoms with E-state index in [1.165, 1.54) is 43.9 Å². The van der Waals surface area contributed by atoms with Gasteiger partial charge >= 0.3 is 13.7 Å². The lowest BCUT2D eigenvalue weighted by atomic mass is 9.96. The van der Waals surface area contributed by atoms with Gasteiger partial charge in [-0.3, -0.25) is 18.9 Å². The number of nitrogens with zero attached hydrogens (tertiary/aromatic N) is 5. The van der Waals surface area contributed by atoms with Crippen molar-refractivity contribution in [3.8, 4) is 5.75 Å². The van der Waals surface area contributed by atoms with Crippen LogP contribution in [0.25, 0.3) is 11.2 Å². The number of nitrogens with one attached hydrogen (secondary N) is 2. The maximum Gasteiger partial charge on any atom is 0.459 e. The van der Waals surface area contributed by atoms with Crippen LogP contribution in [0.2, 0.25) is 0 Å². The minimum Gasteiger partial charge on any atom is -0.459 e. The maximum atomic E-state index is 14.1. The van der Waals surface area contributed by atoms with E-state index in [1.54, 1.807) is 12.1 Å². The van der Waals surface area contributed by atoms with Crippen molar-refractivity contribution < 1.29 is 55.3 Å². The number of aliphatic hydroxyl groups excluding tert-OH is 1. The number of fused-ring (bicyclic) bond motifs is 1. The second-order valence-electron chi connectivity index (χ2n) is 11.8. The largest absolute Gasteiger partial charge is 0.459 e. The van der Waals surface area contributed by atoms with E-state index in [4.69, 9.17) is 24.3 Å². The van der Waals surface area contributed by atoms with Gasteiger partial charge in [0.15, 0.2) is 23.2 Å². The van der Waals surface area contributed by atoms with Crippen molar-refractivity contribution in [2.24, 2.45) is 0 Å². The number of carbonyl (C=O) groups is 1. The molecule has 1 saturated heterocycles. The minimum absolute atomic E-state index is 0.00259. The molecule has 52 heavy (non-hydrogen) atoms. The lowest BCUT2D eigenvalue weighted by Gasteiger charge is -2.27. The second kappa shape index (κ2) is 15.2. The molecule has 0 amide bonds. The van der Waals surface area contributed by atoms with Gasteiger partial charge in [0.1, 0.15) is 47.8 Å². The minimum atomic E-state index is -4.57. The molecule has 23 heteroatoms. The number of ether oxygens (including phenoxy) is 2. The van der Waals surface area contributed by atoms with Gasteiger partial charge in [0.25, 0.3) is 0 Å². The summed E-state index contributed by atoms with van der Waals surface area (Å²) in [7, 11) is -6.94. The van der Waals surface area contributed by atoms with Crippen LogP contribution < -0.4 is 25.2 Å². The van der Waals surface area contributed by atoms with Crippen molar-refractivity contribution in [3.63, 3.8) is 0 Å². The highest BCUT2D eigenvalue weighted by molar-refractivity contribution is 9.10. The number of esters is 1. The van der Waals surface area contributed by atoms with Gasteiger partial charge in [-0.25, -0.2) is 26.7 Å². The van der Waals surface area contributed by atoms with Crippen LogP contribution in [0.4, 0.5) is 20.5 Å². The summed E-state index contributed by atoms with van der Waals surface area (Å²) in [6.07, 6.45) is -2.36. The average molecular weight is 836 g/mol. The van der Waals surface area contributed by atoms with Crippen molar-refractivity contribution in [2.75, 3.05) is 30.7 Å². The number of sulfonamides is 1. The number of aliphatic hydroxyl groups is 2. The second-order valence-corrected chi connectivity index (χ2v) is 16.2. The number of hydrazine groups is 1. The van der Waals surface area contributed by atoms with Gasteiger partial charge in [-0.05, 0) is 50.2 Å². The fraction of sp³-hybridized carbons (Fsp3) is 0.379. The summed E-state index contributed by atoms with van der Waals surface area (Å²) in [6, 6.07) is 7.78. The Hall–Kier alpha value is -3.86. The zero-order valence-electron chi connectivity index (χ0n) is 27.8. The molecule has 2 aromatic heterocycles. The molecule has 6 atom stereocenters. The van der Waals surface area contributed by atoms with Gasteiger partial charge in [0.2, 0.25) is 16.0 Å². The van der Waals surface area contributed by atoms with Crippen LogP contribution in [0.15, 0.2) is 53.3 Å². The van der Waals surface area contributed by atoms with E-state index in [1.807, 2.05) is 0 Å². The first-order chi connectivity index (χ1) is 24.3. The molecule has 0 spiro atoms. The van der Waals surface area contributed by atoms with Crippen molar-refractivity contribution >= 4 is 62.6 Å². The molecular formula is C29H34BrF2N8O10PS. The van der Waals surface area contributed by atoms with E-state index < -0.39 is 84.2 Å². The number of halogens is 3. The smallest absolute Gasteiger partial charge is 0.459 e. The highest BCUT2D eigenvalue weighted by Crippen LogP contribution is 2.47. The molecule has 0 radical (unpaired) electrons. The molecule has 0 saturated carbocycles. The summed E-state index contributed by atoms with van der Waals surface area (Å²) >= 11 is 3.28. The van der Waals surface area contributed by atoms with E-state index in [0.717, 1.165) is 29.5 Å². The Labute approximate surface area is 304 Å². The highest BCUT2D eigenvalue weighted by Gasteiger charge is 2.54. The van der Waals surface area contributed by atoms with Crippen molar-refractivity contribution in [1.82, 2.24) is 29.4 Å². The first-order valence-corrected chi connectivity index (χ1v) is 19.3. The number of rotatable bonds is 14. The van der Waals surface area contributed by atoms with E-state index in [-0.39, 0.29) is 28.7 Å². The molecule has 1 aliphatic rings. The van der Waals surface area contributed by atoms with Crippen LogP contribution in [0, 0.1) is 11.6 Å². The number of hydrogen-bond donors (Lipinski definition) is 5. The summed E-state index contributed by atoms with van der Waals surface area (Å²) in [5.74, 6) is -3.19. The molecule has 1 aliphatic heterocycles. The van der Waals surface area contributed by atoms with Crippen molar-refractivity contribution in [1.29, 1.82) is 0 Å². The lowest BCUT2D eigenvalue weighted by Crippen LogP contribution is -2.44.